The number of halogens is 1. The highest BCUT2D eigenvalue weighted by molar-refractivity contribution is 9.10. The zero-order valence-electron chi connectivity index (χ0n) is 9.42. The monoisotopic (exact) mass is 320 g/mol. The summed E-state index contributed by atoms with van der Waals surface area (Å²) in [5, 5.41) is 4.88. The van der Waals surface area contributed by atoms with Crippen LogP contribution >= 0.6 is 15.9 Å². The molecule has 7 heteroatoms. The lowest BCUT2D eigenvalue weighted by Gasteiger charge is -1.96. The van der Waals surface area contributed by atoms with E-state index in [2.05, 4.69) is 20.9 Å². The maximum absolute atomic E-state index is 10.7. The highest BCUT2D eigenvalue weighted by atomic mass is 79.9. The molecule has 0 saturated carbocycles. The predicted octanol–water partition coefficient (Wildman–Crippen LogP) is 1.83. The average Bonchev–Trinajstić information content (AvgIpc) is 2.17. The molecule has 5 nitrogen and oxygen atoms in total. The third-order valence-electron chi connectivity index (χ3n) is 1.44. The fourth-order valence-corrected chi connectivity index (χ4v) is 1.86. The van der Waals surface area contributed by atoms with Crippen LogP contribution in [0.2, 0.25) is 0 Å². The minimum absolute atomic E-state index is 0.0995. The first-order valence-corrected chi connectivity index (χ1v) is 6.96. The van der Waals surface area contributed by atoms with Crippen molar-refractivity contribution in [3.63, 3.8) is 0 Å². The van der Waals surface area contributed by atoms with Crippen LogP contribution in [0.15, 0.2) is 38.6 Å². The van der Waals surface area contributed by atoms with Crippen LogP contribution in [0.1, 0.15) is 13.8 Å². The Bertz CT molecular complexity index is 508. The quantitative estimate of drug-likeness (QED) is 0.665. The van der Waals surface area contributed by atoms with E-state index < -0.39 is 10.0 Å². The van der Waals surface area contributed by atoms with Crippen LogP contribution in [0.5, 0.6) is 0 Å². The van der Waals surface area contributed by atoms with Crippen molar-refractivity contribution < 1.29 is 13.2 Å². The molecule has 17 heavy (non-hydrogen) atoms. The van der Waals surface area contributed by atoms with Gasteiger partial charge in [-0.15, -0.1) is 0 Å². The fraction of sp³-hybridized carbons (Fsp3) is 0.300. The van der Waals surface area contributed by atoms with Gasteiger partial charge in [0.1, 0.15) is 0 Å². The van der Waals surface area contributed by atoms with E-state index >= 15 is 0 Å². The summed E-state index contributed by atoms with van der Waals surface area (Å²) in [5.41, 5.74) is 0. The molecule has 0 saturated heterocycles. The van der Waals surface area contributed by atoms with Crippen molar-refractivity contribution in [2.45, 2.75) is 24.8 Å². The minimum atomic E-state index is -3.56. The van der Waals surface area contributed by atoms with Crippen molar-refractivity contribution in [3.05, 3.63) is 28.7 Å². The maximum Gasteiger partial charge on any atom is 0.238 e. The van der Waals surface area contributed by atoms with E-state index in [0.717, 1.165) is 0 Å². The summed E-state index contributed by atoms with van der Waals surface area (Å²) in [6, 6.07) is 6.34. The molecule has 0 aromatic heterocycles. The Morgan fingerprint density at radius 2 is 2.00 bits per heavy atom. The summed E-state index contributed by atoms with van der Waals surface area (Å²) in [6.45, 7) is 3.65. The van der Waals surface area contributed by atoms with E-state index in [1.165, 1.54) is 18.2 Å². The van der Waals surface area contributed by atoms with Crippen LogP contribution in [0, 0.1) is 0 Å². The van der Waals surface area contributed by atoms with Crippen molar-refractivity contribution in [2.24, 2.45) is 10.1 Å². The second-order valence-electron chi connectivity index (χ2n) is 3.32. The number of carbonyl (C=O) groups excluding carboxylic acids is 1. The molecular formula is C10H13BrN2O3S. The molecule has 0 aliphatic heterocycles. The lowest BCUT2D eigenvalue weighted by molar-refractivity contribution is 0.560. The molecule has 0 fully saturated rings. The van der Waals surface area contributed by atoms with Gasteiger partial charge >= 0.3 is 0 Å². The summed E-state index contributed by atoms with van der Waals surface area (Å²) in [6.07, 6.45) is 1.44. The number of primary sulfonamides is 1. The largest absolute Gasteiger partial charge is 0.238 e. The topological polar surface area (TPSA) is 89.6 Å². The number of hydrogen-bond donors (Lipinski definition) is 1. The number of isocyanates is 1. The molecule has 0 atom stereocenters. The molecule has 1 aromatic rings. The van der Waals surface area contributed by atoms with Crippen LogP contribution in [-0.4, -0.2) is 20.5 Å². The number of nitrogens with zero attached hydrogens (tertiary/aromatic N) is 1. The van der Waals surface area contributed by atoms with Gasteiger partial charge in [0.15, 0.2) is 0 Å². The highest BCUT2D eigenvalue weighted by Gasteiger charge is 2.05. The zero-order chi connectivity index (χ0) is 13.5. The average molecular weight is 321 g/mol. The van der Waals surface area contributed by atoms with E-state index in [-0.39, 0.29) is 10.9 Å². The first-order valence-electron chi connectivity index (χ1n) is 4.62. The highest BCUT2D eigenvalue weighted by Crippen LogP contribution is 2.14. The van der Waals surface area contributed by atoms with E-state index in [0.29, 0.717) is 4.47 Å². The Morgan fingerprint density at radius 1 is 1.41 bits per heavy atom. The van der Waals surface area contributed by atoms with Gasteiger partial charge in [0.05, 0.1) is 10.9 Å². The Balaban J connectivity index is 0.000000366. The molecule has 0 aliphatic carbocycles. The molecule has 0 unspecified atom stereocenters. The number of nitrogens with two attached hydrogens (primary N) is 1. The molecule has 2 N–H and O–H groups in total. The SMILES string of the molecule is CC(C)N=C=O.NS(=O)(=O)c1cccc(Br)c1. The first kappa shape index (κ1) is 16.0. The summed E-state index contributed by atoms with van der Waals surface area (Å²) >= 11 is 3.13. The number of aliphatic imine (C=N–C) groups is 1. The standard InChI is InChI=1S/C6H6BrNO2S.C4H7NO/c7-5-2-1-3-6(4-5)11(8,9)10;1-4(2)5-3-6/h1-4H,(H2,8,9,10);4H,1-2H3. The lowest BCUT2D eigenvalue weighted by atomic mass is 10.4. The molecule has 0 amide bonds. The fourth-order valence-electron chi connectivity index (χ4n) is 0.749. The predicted molar refractivity (Wildman–Crippen MR) is 68.8 cm³/mol. The van der Waals surface area contributed by atoms with Gasteiger partial charge in [-0.2, -0.15) is 0 Å². The van der Waals surface area contributed by atoms with Gasteiger partial charge in [-0.25, -0.2) is 23.3 Å². The van der Waals surface area contributed by atoms with Gasteiger partial charge in [0.2, 0.25) is 16.1 Å². The lowest BCUT2D eigenvalue weighted by Crippen LogP contribution is -2.11. The van der Waals surface area contributed by atoms with Crippen molar-refractivity contribution in [2.75, 3.05) is 0 Å². The Morgan fingerprint density at radius 3 is 2.24 bits per heavy atom. The van der Waals surface area contributed by atoms with E-state index in [1.807, 2.05) is 13.8 Å². The van der Waals surface area contributed by atoms with Crippen molar-refractivity contribution in [3.8, 4) is 0 Å². The number of rotatable bonds is 2. The smallest absolute Gasteiger partial charge is 0.225 e. The van der Waals surface area contributed by atoms with E-state index in [1.54, 1.807) is 12.1 Å². The number of benzene rings is 1. The molecule has 0 heterocycles. The third kappa shape index (κ3) is 7.82. The summed E-state index contributed by atoms with van der Waals surface area (Å²) in [7, 11) is -3.56. The van der Waals surface area contributed by atoms with Gasteiger partial charge in [-0.3, -0.25) is 0 Å². The van der Waals surface area contributed by atoms with Crippen LogP contribution in [0.25, 0.3) is 0 Å². The Labute approximate surface area is 109 Å². The Hall–Kier alpha value is -1.01. The van der Waals surface area contributed by atoms with Crippen LogP contribution < -0.4 is 5.14 Å². The van der Waals surface area contributed by atoms with Crippen molar-refractivity contribution in [1.29, 1.82) is 0 Å². The molecule has 0 aliphatic rings. The van der Waals surface area contributed by atoms with E-state index in [4.69, 9.17) is 5.14 Å². The minimum Gasteiger partial charge on any atom is -0.225 e. The molecule has 1 rings (SSSR count). The molecule has 0 radical (unpaired) electrons. The van der Waals surface area contributed by atoms with Gasteiger partial charge < -0.3 is 0 Å². The van der Waals surface area contributed by atoms with Crippen LogP contribution in [0.4, 0.5) is 0 Å². The first-order chi connectivity index (χ1) is 7.77. The second kappa shape index (κ2) is 7.34. The van der Waals surface area contributed by atoms with Gasteiger partial charge in [-0.05, 0) is 32.0 Å². The molecule has 94 valence electrons. The maximum atomic E-state index is 10.7. The Kier molecular flexibility index (Phi) is 6.91. The van der Waals surface area contributed by atoms with E-state index in [9.17, 15) is 13.2 Å². The summed E-state index contributed by atoms with van der Waals surface area (Å²) < 4.78 is 22.2. The zero-order valence-corrected chi connectivity index (χ0v) is 11.8. The molecular weight excluding hydrogens is 308 g/mol. The summed E-state index contributed by atoms with van der Waals surface area (Å²) in [5.74, 6) is 0. The molecule has 0 spiro atoms. The van der Waals surface area contributed by atoms with Crippen molar-refractivity contribution >= 4 is 32.0 Å². The van der Waals surface area contributed by atoms with Crippen molar-refractivity contribution in [1.82, 2.24) is 0 Å². The van der Waals surface area contributed by atoms with Gasteiger partial charge in [0, 0.05) is 4.47 Å². The second-order valence-corrected chi connectivity index (χ2v) is 5.79. The molecule has 1 aromatic carbocycles. The number of sulfonamides is 1. The summed E-state index contributed by atoms with van der Waals surface area (Å²) in [4.78, 5) is 12.8. The van der Waals surface area contributed by atoms with Crippen LogP contribution in [0.3, 0.4) is 0 Å². The van der Waals surface area contributed by atoms with Crippen LogP contribution in [-0.2, 0) is 14.8 Å². The number of hydrogen-bond acceptors (Lipinski definition) is 4. The normalized spacial score (nSPS) is 10.2. The molecule has 0 bridgehead atoms. The van der Waals surface area contributed by atoms with Gasteiger partial charge in [-0.1, -0.05) is 22.0 Å². The van der Waals surface area contributed by atoms with Gasteiger partial charge in [0.25, 0.3) is 0 Å². The third-order valence-corrected chi connectivity index (χ3v) is 2.84.